The molecular formula is C22H27BrN2O5S. The Hall–Kier alpha value is -2.00. The highest BCUT2D eigenvalue weighted by Gasteiger charge is 2.37. The van der Waals surface area contributed by atoms with Crippen LogP contribution in [0.15, 0.2) is 21.5 Å². The van der Waals surface area contributed by atoms with E-state index in [0.717, 1.165) is 35.9 Å². The van der Waals surface area contributed by atoms with Gasteiger partial charge in [0.1, 0.15) is 6.54 Å². The third kappa shape index (κ3) is 5.63. The molecule has 2 aliphatic heterocycles. The maximum Gasteiger partial charge on any atom is 0.294 e. The monoisotopic (exact) mass is 510 g/mol. The van der Waals surface area contributed by atoms with Crippen molar-refractivity contribution in [2.24, 2.45) is 0 Å². The minimum atomic E-state index is -0.448. The van der Waals surface area contributed by atoms with Gasteiger partial charge in [0, 0.05) is 13.1 Å². The summed E-state index contributed by atoms with van der Waals surface area (Å²) in [5.41, 5.74) is 0.697. The SMILES string of the molecule is CCOc1cc(/C=C2/SC(=O)N(CC(=O)N3CCCC3)C2=O)cc(Br)c1O[C@H](C)CC. The van der Waals surface area contributed by atoms with Crippen LogP contribution in [0.1, 0.15) is 45.6 Å². The van der Waals surface area contributed by atoms with Gasteiger partial charge in [0.25, 0.3) is 11.1 Å². The first-order valence-corrected chi connectivity index (χ1v) is 12.1. The number of benzene rings is 1. The molecule has 31 heavy (non-hydrogen) atoms. The number of ether oxygens (including phenoxy) is 2. The summed E-state index contributed by atoms with van der Waals surface area (Å²) in [5.74, 6) is 0.537. The van der Waals surface area contributed by atoms with Crippen LogP contribution in [0, 0.1) is 0 Å². The second-order valence-electron chi connectivity index (χ2n) is 7.46. The number of hydrogen-bond acceptors (Lipinski definition) is 6. The number of carbonyl (C=O) groups excluding carboxylic acids is 3. The lowest BCUT2D eigenvalue weighted by atomic mass is 10.1. The summed E-state index contributed by atoms with van der Waals surface area (Å²) in [6, 6.07) is 3.61. The third-order valence-electron chi connectivity index (χ3n) is 5.15. The molecule has 1 aromatic carbocycles. The van der Waals surface area contributed by atoms with Crippen molar-refractivity contribution in [2.75, 3.05) is 26.2 Å². The highest BCUT2D eigenvalue weighted by Crippen LogP contribution is 2.40. The molecule has 0 aliphatic carbocycles. The van der Waals surface area contributed by atoms with E-state index in [-0.39, 0.29) is 23.5 Å². The van der Waals surface area contributed by atoms with Gasteiger partial charge < -0.3 is 14.4 Å². The minimum Gasteiger partial charge on any atom is -0.490 e. The Balaban J connectivity index is 1.81. The molecule has 7 nitrogen and oxygen atoms in total. The highest BCUT2D eigenvalue weighted by molar-refractivity contribution is 9.10. The summed E-state index contributed by atoms with van der Waals surface area (Å²) >= 11 is 4.38. The Morgan fingerprint density at radius 3 is 2.61 bits per heavy atom. The van der Waals surface area contributed by atoms with Crippen LogP contribution in [0.4, 0.5) is 4.79 Å². The first-order chi connectivity index (χ1) is 14.8. The van der Waals surface area contributed by atoms with Gasteiger partial charge in [-0.3, -0.25) is 19.3 Å². The number of hydrogen-bond donors (Lipinski definition) is 0. The summed E-state index contributed by atoms with van der Waals surface area (Å²) in [6.07, 6.45) is 4.43. The van der Waals surface area contributed by atoms with Crippen molar-refractivity contribution in [1.82, 2.24) is 9.80 Å². The molecule has 2 fully saturated rings. The van der Waals surface area contributed by atoms with Crippen LogP contribution in [-0.4, -0.2) is 59.2 Å². The number of amides is 3. The second kappa shape index (κ2) is 10.5. The molecule has 0 radical (unpaired) electrons. The average molecular weight is 511 g/mol. The lowest BCUT2D eigenvalue weighted by Gasteiger charge is -2.19. The van der Waals surface area contributed by atoms with Crippen molar-refractivity contribution in [3.63, 3.8) is 0 Å². The van der Waals surface area contributed by atoms with Crippen molar-refractivity contribution in [3.05, 3.63) is 27.1 Å². The van der Waals surface area contributed by atoms with Gasteiger partial charge in [-0.05, 0) is 84.6 Å². The van der Waals surface area contributed by atoms with Gasteiger partial charge in [-0.2, -0.15) is 0 Å². The number of rotatable bonds is 8. The quantitative estimate of drug-likeness (QED) is 0.472. The van der Waals surface area contributed by atoms with E-state index in [1.54, 1.807) is 17.0 Å². The lowest BCUT2D eigenvalue weighted by Crippen LogP contribution is -2.40. The maximum atomic E-state index is 12.8. The predicted molar refractivity (Wildman–Crippen MR) is 124 cm³/mol. The fourth-order valence-corrected chi connectivity index (χ4v) is 4.71. The standard InChI is InChI=1S/C22H27BrN2O5S/c1-4-14(3)30-20-16(23)10-15(11-17(20)29-5-2)12-18-21(27)25(22(28)31-18)13-19(26)24-8-6-7-9-24/h10-12,14H,4-9,13H2,1-3H3/b18-12+/t14-/m1/s1. The molecule has 0 bridgehead atoms. The molecule has 0 saturated carbocycles. The molecule has 0 spiro atoms. The Kier molecular flexibility index (Phi) is 8.05. The van der Waals surface area contributed by atoms with E-state index in [2.05, 4.69) is 15.9 Å². The Labute approximate surface area is 195 Å². The third-order valence-corrected chi connectivity index (χ3v) is 6.65. The molecular weight excluding hydrogens is 484 g/mol. The Bertz CT molecular complexity index is 898. The van der Waals surface area contributed by atoms with Gasteiger partial charge in [0.15, 0.2) is 11.5 Å². The molecule has 2 aliphatic rings. The number of nitrogens with zero attached hydrogens (tertiary/aromatic N) is 2. The Morgan fingerprint density at radius 2 is 1.97 bits per heavy atom. The fourth-order valence-electron chi connectivity index (χ4n) is 3.32. The number of imide groups is 1. The first-order valence-electron chi connectivity index (χ1n) is 10.5. The molecule has 2 heterocycles. The van der Waals surface area contributed by atoms with Crippen LogP contribution < -0.4 is 9.47 Å². The molecule has 0 unspecified atom stereocenters. The minimum absolute atomic E-state index is 0.0194. The van der Waals surface area contributed by atoms with Crippen molar-refractivity contribution in [2.45, 2.75) is 46.1 Å². The van der Waals surface area contributed by atoms with Gasteiger partial charge in [-0.1, -0.05) is 6.92 Å². The van der Waals surface area contributed by atoms with Crippen molar-refractivity contribution in [1.29, 1.82) is 0 Å². The van der Waals surface area contributed by atoms with E-state index in [1.807, 2.05) is 26.8 Å². The maximum absolute atomic E-state index is 12.8. The molecule has 9 heteroatoms. The summed E-state index contributed by atoms with van der Waals surface area (Å²) in [5, 5.41) is -0.426. The van der Waals surface area contributed by atoms with Crippen LogP contribution in [0.25, 0.3) is 6.08 Å². The van der Waals surface area contributed by atoms with Gasteiger partial charge in [-0.15, -0.1) is 0 Å². The van der Waals surface area contributed by atoms with Gasteiger partial charge in [0.05, 0.1) is 22.1 Å². The molecule has 1 aromatic rings. The smallest absolute Gasteiger partial charge is 0.294 e. The topological polar surface area (TPSA) is 76.2 Å². The number of likely N-dealkylation sites (tertiary alicyclic amines) is 1. The summed E-state index contributed by atoms with van der Waals surface area (Å²) in [6.45, 7) is 7.53. The molecule has 3 rings (SSSR count). The molecule has 168 valence electrons. The summed E-state index contributed by atoms with van der Waals surface area (Å²) in [7, 11) is 0. The van der Waals surface area contributed by atoms with Crippen molar-refractivity contribution < 1.29 is 23.9 Å². The van der Waals surface area contributed by atoms with Gasteiger partial charge in [0.2, 0.25) is 5.91 Å². The fraction of sp³-hybridized carbons (Fsp3) is 0.500. The van der Waals surface area contributed by atoms with Gasteiger partial charge in [-0.25, -0.2) is 0 Å². The molecule has 3 amide bonds. The summed E-state index contributed by atoms with van der Waals surface area (Å²) in [4.78, 5) is 40.6. The second-order valence-corrected chi connectivity index (χ2v) is 9.30. The van der Waals surface area contributed by atoms with E-state index < -0.39 is 11.1 Å². The number of thioether (sulfide) groups is 1. The normalized spacial score (nSPS) is 18.8. The van der Waals surface area contributed by atoms with Crippen LogP contribution in [0.2, 0.25) is 0 Å². The van der Waals surface area contributed by atoms with E-state index in [9.17, 15) is 14.4 Å². The zero-order chi connectivity index (χ0) is 22.5. The van der Waals surface area contributed by atoms with Crippen LogP contribution >= 0.6 is 27.7 Å². The molecule has 0 aromatic heterocycles. The van der Waals surface area contributed by atoms with Crippen LogP contribution in [-0.2, 0) is 9.59 Å². The summed E-state index contributed by atoms with van der Waals surface area (Å²) < 4.78 is 12.4. The average Bonchev–Trinajstić information content (AvgIpc) is 3.35. The van der Waals surface area contributed by atoms with Crippen LogP contribution in [0.3, 0.4) is 0 Å². The zero-order valence-corrected chi connectivity index (χ0v) is 20.4. The van der Waals surface area contributed by atoms with E-state index in [4.69, 9.17) is 9.47 Å². The molecule has 1 atom stereocenters. The molecule has 2 saturated heterocycles. The van der Waals surface area contributed by atoms with Gasteiger partial charge >= 0.3 is 0 Å². The molecule has 0 N–H and O–H groups in total. The lowest BCUT2D eigenvalue weighted by molar-refractivity contribution is -0.135. The zero-order valence-electron chi connectivity index (χ0n) is 18.0. The van der Waals surface area contributed by atoms with E-state index in [0.29, 0.717) is 41.2 Å². The van der Waals surface area contributed by atoms with E-state index >= 15 is 0 Å². The van der Waals surface area contributed by atoms with Crippen molar-refractivity contribution in [3.8, 4) is 11.5 Å². The van der Waals surface area contributed by atoms with Crippen molar-refractivity contribution >= 4 is 50.8 Å². The van der Waals surface area contributed by atoms with E-state index in [1.165, 1.54) is 0 Å². The first kappa shape index (κ1) is 23.7. The largest absolute Gasteiger partial charge is 0.490 e. The predicted octanol–water partition coefficient (Wildman–Crippen LogP) is 4.68. The highest BCUT2D eigenvalue weighted by atomic mass is 79.9. The van der Waals surface area contributed by atoms with Crippen LogP contribution in [0.5, 0.6) is 11.5 Å². The number of carbonyl (C=O) groups is 3. The number of halogens is 1. The Morgan fingerprint density at radius 1 is 1.26 bits per heavy atom.